The molecule has 0 aliphatic carbocycles. The predicted octanol–water partition coefficient (Wildman–Crippen LogP) is 3.00. The molecule has 0 radical (unpaired) electrons. The van der Waals surface area contributed by atoms with E-state index in [0.29, 0.717) is 13.1 Å². The lowest BCUT2D eigenvalue weighted by Gasteiger charge is -2.36. The van der Waals surface area contributed by atoms with Crippen LogP contribution in [-0.4, -0.2) is 44.9 Å². The molecule has 3 amide bonds. The summed E-state index contributed by atoms with van der Waals surface area (Å²) in [6.45, 7) is 6.39. The van der Waals surface area contributed by atoms with E-state index < -0.39 is 16.1 Å². The minimum Gasteiger partial charge on any atom is -0.342 e. The molecule has 8 heteroatoms. The summed E-state index contributed by atoms with van der Waals surface area (Å²) < 4.78 is 27.1. The number of likely N-dealkylation sites (N-methyl/N-ethyl adjacent to an activating group) is 1. The zero-order valence-electron chi connectivity index (χ0n) is 16.1. The smallest absolute Gasteiger partial charge is 0.342 e. The molecule has 0 fully saturated rings. The Hall–Kier alpha value is -2.87. The first-order valence-corrected chi connectivity index (χ1v) is 10.6. The summed E-state index contributed by atoms with van der Waals surface area (Å²) >= 11 is 0. The number of para-hydroxylation sites is 1. The molecule has 0 N–H and O–H groups in total. The van der Waals surface area contributed by atoms with Crippen LogP contribution in [0.4, 0.5) is 16.2 Å². The number of benzene rings is 2. The molecule has 0 spiro atoms. The Labute approximate surface area is 165 Å². The van der Waals surface area contributed by atoms with Gasteiger partial charge in [0.1, 0.15) is 11.4 Å². The zero-order valence-corrected chi connectivity index (χ0v) is 16.9. The number of hydrogen-bond donors (Lipinski definition) is 0. The van der Waals surface area contributed by atoms with Gasteiger partial charge >= 0.3 is 6.03 Å². The van der Waals surface area contributed by atoms with Gasteiger partial charge in [0.2, 0.25) is 5.91 Å². The quantitative estimate of drug-likeness (QED) is 0.772. The summed E-state index contributed by atoms with van der Waals surface area (Å²) in [4.78, 5) is 28.7. The van der Waals surface area contributed by atoms with E-state index in [-0.39, 0.29) is 28.7 Å². The second kappa shape index (κ2) is 7.63. The molecule has 0 unspecified atom stereocenters. The molecule has 0 bridgehead atoms. The van der Waals surface area contributed by atoms with Gasteiger partial charge in [0.15, 0.2) is 0 Å². The van der Waals surface area contributed by atoms with Crippen molar-refractivity contribution in [3.63, 3.8) is 0 Å². The van der Waals surface area contributed by atoms with E-state index in [0.717, 1.165) is 9.87 Å². The van der Waals surface area contributed by atoms with Crippen molar-refractivity contribution in [2.45, 2.75) is 25.7 Å². The fourth-order valence-corrected chi connectivity index (χ4v) is 4.80. The number of carbonyl (C=O) groups excluding carboxylic acids is 2. The van der Waals surface area contributed by atoms with E-state index in [9.17, 15) is 18.0 Å². The summed E-state index contributed by atoms with van der Waals surface area (Å²) in [6.07, 6.45) is 0. The number of carbonyl (C=O) groups is 2. The molecule has 1 aliphatic rings. The number of urea groups is 1. The molecule has 7 nitrogen and oxygen atoms in total. The minimum atomic E-state index is -4.08. The molecular weight excluding hydrogens is 378 g/mol. The summed E-state index contributed by atoms with van der Waals surface area (Å²) in [6, 6.07) is 12.1. The van der Waals surface area contributed by atoms with Crippen molar-refractivity contribution in [1.29, 1.82) is 0 Å². The van der Waals surface area contributed by atoms with Crippen molar-refractivity contribution in [2.75, 3.05) is 28.8 Å². The van der Waals surface area contributed by atoms with Crippen molar-refractivity contribution in [3.05, 3.63) is 54.1 Å². The highest BCUT2D eigenvalue weighted by atomic mass is 32.2. The van der Waals surface area contributed by atoms with E-state index in [1.807, 2.05) is 20.8 Å². The SMILES string of the molecule is CCN(CC)C(=O)CN1C(=O)N(c2ccc(C)cc2)S(=O)(=O)c2ccccc21. The van der Waals surface area contributed by atoms with Crippen molar-refractivity contribution in [1.82, 2.24) is 4.90 Å². The van der Waals surface area contributed by atoms with Crippen LogP contribution < -0.4 is 9.21 Å². The fourth-order valence-electron chi connectivity index (χ4n) is 3.21. The Morgan fingerprint density at radius 2 is 1.61 bits per heavy atom. The lowest BCUT2D eigenvalue weighted by molar-refractivity contribution is -0.129. The molecule has 0 saturated heterocycles. The highest BCUT2D eigenvalue weighted by Crippen LogP contribution is 2.37. The molecule has 28 heavy (non-hydrogen) atoms. The molecule has 0 saturated carbocycles. The number of fused-ring (bicyclic) bond motifs is 1. The van der Waals surface area contributed by atoms with Crippen molar-refractivity contribution in [3.8, 4) is 0 Å². The molecule has 1 aliphatic heterocycles. The first kappa shape index (κ1) is 19.9. The molecule has 0 aromatic heterocycles. The van der Waals surface area contributed by atoms with Crippen molar-refractivity contribution >= 4 is 33.3 Å². The highest BCUT2D eigenvalue weighted by Gasteiger charge is 2.43. The molecular formula is C20H23N3O4S. The van der Waals surface area contributed by atoms with Crippen LogP contribution in [0.5, 0.6) is 0 Å². The normalized spacial score (nSPS) is 15.3. The summed E-state index contributed by atoms with van der Waals surface area (Å²) in [7, 11) is -4.08. The third-order valence-electron chi connectivity index (χ3n) is 4.76. The van der Waals surface area contributed by atoms with Crippen LogP contribution in [-0.2, 0) is 14.8 Å². The third-order valence-corrected chi connectivity index (χ3v) is 6.51. The Morgan fingerprint density at radius 1 is 1.00 bits per heavy atom. The second-order valence-electron chi connectivity index (χ2n) is 6.51. The van der Waals surface area contributed by atoms with Gasteiger partial charge in [-0.1, -0.05) is 29.8 Å². The van der Waals surface area contributed by atoms with E-state index in [4.69, 9.17) is 0 Å². The fraction of sp³-hybridized carbons (Fsp3) is 0.300. The maximum absolute atomic E-state index is 13.2. The highest BCUT2D eigenvalue weighted by molar-refractivity contribution is 7.94. The number of hydrogen-bond acceptors (Lipinski definition) is 4. The average molecular weight is 401 g/mol. The number of aryl methyl sites for hydroxylation is 1. The van der Waals surface area contributed by atoms with Crippen LogP contribution in [0, 0.1) is 6.92 Å². The minimum absolute atomic E-state index is 0.00234. The predicted molar refractivity (Wildman–Crippen MR) is 108 cm³/mol. The van der Waals surface area contributed by atoms with Gasteiger partial charge in [-0.05, 0) is 45.0 Å². The molecule has 2 aromatic rings. The maximum atomic E-state index is 13.2. The summed E-state index contributed by atoms with van der Waals surface area (Å²) in [5.41, 5.74) is 1.40. The van der Waals surface area contributed by atoms with Crippen molar-refractivity contribution in [2.24, 2.45) is 0 Å². The molecule has 148 valence electrons. The van der Waals surface area contributed by atoms with Crippen LogP contribution >= 0.6 is 0 Å². The van der Waals surface area contributed by atoms with E-state index >= 15 is 0 Å². The van der Waals surface area contributed by atoms with Gasteiger partial charge in [-0.15, -0.1) is 0 Å². The van der Waals surface area contributed by atoms with Gasteiger partial charge in [0.25, 0.3) is 10.0 Å². The molecule has 3 rings (SSSR count). The summed E-state index contributed by atoms with van der Waals surface area (Å²) in [5.74, 6) is -0.240. The van der Waals surface area contributed by atoms with Crippen LogP contribution in [0.25, 0.3) is 0 Å². The van der Waals surface area contributed by atoms with Gasteiger partial charge in [-0.2, -0.15) is 4.31 Å². The molecule has 1 heterocycles. The number of sulfonamides is 1. The largest absolute Gasteiger partial charge is 0.343 e. The average Bonchev–Trinajstić information content (AvgIpc) is 2.67. The lowest BCUT2D eigenvalue weighted by atomic mass is 10.2. The Kier molecular flexibility index (Phi) is 5.42. The topological polar surface area (TPSA) is 78.0 Å². The first-order valence-electron chi connectivity index (χ1n) is 9.11. The standard InChI is InChI=1S/C20H23N3O4S/c1-4-21(5-2)19(24)14-22-17-8-6-7-9-18(17)28(26,27)23(20(22)25)16-12-10-15(3)11-13-16/h6-13H,4-5,14H2,1-3H3. The third kappa shape index (κ3) is 3.35. The van der Waals surface area contributed by atoms with Crippen LogP contribution in [0.1, 0.15) is 19.4 Å². The van der Waals surface area contributed by atoms with Crippen LogP contribution in [0.15, 0.2) is 53.4 Å². The van der Waals surface area contributed by atoms with E-state index in [1.54, 1.807) is 47.4 Å². The van der Waals surface area contributed by atoms with E-state index in [2.05, 4.69) is 0 Å². The Morgan fingerprint density at radius 3 is 2.21 bits per heavy atom. The lowest BCUT2D eigenvalue weighted by Crippen LogP contribution is -2.54. The number of amides is 3. The molecule has 2 aromatic carbocycles. The van der Waals surface area contributed by atoms with Crippen molar-refractivity contribution < 1.29 is 18.0 Å². The Bertz CT molecular complexity index is 998. The van der Waals surface area contributed by atoms with Gasteiger partial charge in [0, 0.05) is 13.1 Å². The number of rotatable bonds is 5. The second-order valence-corrected chi connectivity index (χ2v) is 8.26. The van der Waals surface area contributed by atoms with Gasteiger partial charge in [-0.25, -0.2) is 13.2 Å². The zero-order chi connectivity index (χ0) is 20.5. The van der Waals surface area contributed by atoms with E-state index in [1.165, 1.54) is 11.0 Å². The molecule has 0 atom stereocenters. The van der Waals surface area contributed by atoms with Gasteiger partial charge in [-0.3, -0.25) is 9.69 Å². The van der Waals surface area contributed by atoms with Gasteiger partial charge < -0.3 is 4.90 Å². The van der Waals surface area contributed by atoms with Crippen LogP contribution in [0.2, 0.25) is 0 Å². The monoisotopic (exact) mass is 401 g/mol. The number of nitrogens with zero attached hydrogens (tertiary/aromatic N) is 3. The first-order chi connectivity index (χ1) is 13.3. The van der Waals surface area contributed by atoms with Crippen LogP contribution in [0.3, 0.4) is 0 Å². The van der Waals surface area contributed by atoms with Gasteiger partial charge in [0.05, 0.1) is 11.4 Å². The maximum Gasteiger partial charge on any atom is 0.343 e. The summed E-state index contributed by atoms with van der Waals surface area (Å²) in [5, 5.41) is 0. The Balaban J connectivity index is 2.11. The number of anilines is 2.